The molecule has 20 heteroatoms. The molecule has 0 aromatic carbocycles. The van der Waals surface area contributed by atoms with E-state index < -0.39 is 21.3 Å². The molecule has 0 saturated carbocycles. The normalized spacial score (nSPS) is 18.1. The highest BCUT2D eigenvalue weighted by molar-refractivity contribution is 5.49. The van der Waals surface area contributed by atoms with Crippen molar-refractivity contribution in [3.8, 4) is 0 Å². The average Bonchev–Trinajstić information content (AvgIpc) is 3.25. The minimum atomic E-state index is -0.681. The molecule has 0 unspecified atom stereocenters. The summed E-state index contributed by atoms with van der Waals surface area (Å²) in [7, 11) is 4.94. The number of hydrogen-bond donors (Lipinski definition) is 5. The molecule has 6 heterocycles. The van der Waals surface area contributed by atoms with Crippen LogP contribution in [-0.2, 0) is 14.2 Å². The molecular formula is C36H54FN9O10. The lowest BCUT2D eigenvalue weighted by atomic mass is 9.92. The molecule has 0 atom stereocenters. The first-order valence-electron chi connectivity index (χ1n) is 18.1. The highest BCUT2D eigenvalue weighted by Gasteiger charge is 2.35. The monoisotopic (exact) mass is 791 g/mol. The first kappa shape index (κ1) is 45.7. The fourth-order valence-corrected chi connectivity index (χ4v) is 6.24. The Hall–Kier alpha value is -4.70. The van der Waals surface area contributed by atoms with Gasteiger partial charge in [0.15, 0.2) is 18.2 Å². The van der Waals surface area contributed by atoms with E-state index in [1.54, 1.807) is 39.7 Å². The number of pyridine rings is 3. The molecule has 3 aliphatic heterocycles. The zero-order valence-electron chi connectivity index (χ0n) is 32.1. The molecule has 0 radical (unpaired) electrons. The maximum Gasteiger partial charge on any atom is 0.363 e. The summed E-state index contributed by atoms with van der Waals surface area (Å²) in [5, 5.41) is 51.4. The number of nitrogens with zero attached hydrogens (tertiary/aromatic N) is 7. The third-order valence-electron chi connectivity index (χ3n) is 10.3. The van der Waals surface area contributed by atoms with E-state index in [9.17, 15) is 34.8 Å². The molecule has 3 saturated heterocycles. The van der Waals surface area contributed by atoms with Crippen LogP contribution in [0.4, 0.5) is 33.2 Å². The molecule has 0 bridgehead atoms. The Kier molecular flexibility index (Phi) is 18.1. The van der Waals surface area contributed by atoms with Gasteiger partial charge in [-0.15, -0.1) is 0 Å². The Balaban J connectivity index is 0.000000208. The fourth-order valence-electron chi connectivity index (χ4n) is 6.24. The zero-order valence-corrected chi connectivity index (χ0v) is 32.1. The Labute approximate surface area is 324 Å². The summed E-state index contributed by atoms with van der Waals surface area (Å²) in [4.78, 5) is 34.7. The summed E-state index contributed by atoms with van der Waals surface area (Å²) < 4.78 is 28.1. The molecule has 3 aliphatic rings. The standard InChI is InChI=1S/C12H17N3O4.C12H19N3O2.C7H15NO2.C5H3FN2O2/c1-19-12(9-16)4-6-14(7-5-12)10-2-3-11(13-8-10)15(17)18;1-17-12(9-16)4-6-15(7-5-12)10-2-3-11(13)14-8-10;1-10-7(6-9)2-4-8-5-3-7;6-4-1-2-5(7-3-4)8(9)10/h2-3,8,16H,4-7,9H2,1H3;2-3,8,16H,4-7,9H2,1H3,(H2,13,14);8-9H,2-6H2,1H3;1-3H. The van der Waals surface area contributed by atoms with Crippen molar-refractivity contribution in [3.63, 3.8) is 0 Å². The van der Waals surface area contributed by atoms with Crippen LogP contribution in [0.15, 0.2) is 55.0 Å². The molecule has 56 heavy (non-hydrogen) atoms. The number of nitro groups is 2. The third kappa shape index (κ3) is 13.2. The Morgan fingerprint density at radius 2 is 1.07 bits per heavy atom. The number of rotatable bonds is 10. The van der Waals surface area contributed by atoms with Gasteiger partial charge in [-0.05, 0) is 95.7 Å². The fraction of sp³-hybridized carbons (Fsp3) is 0.583. The molecule has 6 rings (SSSR count). The van der Waals surface area contributed by atoms with Crippen molar-refractivity contribution in [3.05, 3.63) is 81.0 Å². The molecule has 3 aromatic heterocycles. The maximum absolute atomic E-state index is 12.1. The van der Waals surface area contributed by atoms with Crippen LogP contribution in [0.1, 0.15) is 38.5 Å². The van der Waals surface area contributed by atoms with E-state index in [2.05, 4.69) is 30.1 Å². The molecule has 0 spiro atoms. The van der Waals surface area contributed by atoms with Gasteiger partial charge in [0.2, 0.25) is 0 Å². The van der Waals surface area contributed by atoms with Gasteiger partial charge in [-0.1, -0.05) is 0 Å². The largest absolute Gasteiger partial charge is 0.393 e. The molecule has 6 N–H and O–H groups in total. The number of piperidine rings is 3. The number of aliphatic hydroxyl groups excluding tert-OH is 3. The van der Waals surface area contributed by atoms with Crippen molar-refractivity contribution in [2.45, 2.75) is 55.3 Å². The van der Waals surface area contributed by atoms with Crippen molar-refractivity contribution in [1.29, 1.82) is 0 Å². The lowest BCUT2D eigenvalue weighted by molar-refractivity contribution is -0.389. The lowest BCUT2D eigenvalue weighted by Crippen LogP contribution is -2.48. The van der Waals surface area contributed by atoms with Gasteiger partial charge in [0.1, 0.15) is 5.82 Å². The second-order valence-corrected chi connectivity index (χ2v) is 13.5. The Morgan fingerprint density at radius 3 is 1.38 bits per heavy atom. The Morgan fingerprint density at radius 1 is 0.679 bits per heavy atom. The number of nitrogen functional groups attached to an aromatic ring is 1. The van der Waals surface area contributed by atoms with Crippen molar-refractivity contribution >= 4 is 28.8 Å². The first-order valence-corrected chi connectivity index (χ1v) is 18.1. The van der Waals surface area contributed by atoms with Crippen LogP contribution in [0.3, 0.4) is 0 Å². The summed E-state index contributed by atoms with van der Waals surface area (Å²) in [5.41, 5.74) is 6.42. The minimum Gasteiger partial charge on any atom is -0.393 e. The van der Waals surface area contributed by atoms with Crippen LogP contribution < -0.4 is 20.9 Å². The molecular weight excluding hydrogens is 737 g/mol. The maximum atomic E-state index is 12.1. The second-order valence-electron chi connectivity index (χ2n) is 13.5. The van der Waals surface area contributed by atoms with Gasteiger partial charge in [-0.2, -0.15) is 0 Å². The van der Waals surface area contributed by atoms with E-state index in [0.717, 1.165) is 107 Å². The van der Waals surface area contributed by atoms with Crippen LogP contribution in [0.5, 0.6) is 0 Å². The lowest BCUT2D eigenvalue weighted by Gasteiger charge is -2.40. The molecule has 310 valence electrons. The van der Waals surface area contributed by atoms with E-state index in [0.29, 0.717) is 5.82 Å². The van der Waals surface area contributed by atoms with Gasteiger partial charge in [0.05, 0.1) is 54.2 Å². The third-order valence-corrected chi connectivity index (χ3v) is 10.3. The SMILES string of the molecule is COC1(CO)CCN(c2ccc(N)nc2)CC1.COC1(CO)CCN(c2ccc([N+](=O)[O-])nc2)CC1.COC1(CO)CCNCC1.O=[N+]([O-])c1ccc(F)cn1. The van der Waals surface area contributed by atoms with Gasteiger partial charge in [-0.25, -0.2) is 9.37 Å². The van der Waals surface area contributed by atoms with Gasteiger partial charge in [-0.3, -0.25) is 0 Å². The number of nitrogens with one attached hydrogen (secondary N) is 1. The minimum absolute atomic E-state index is 0.00977. The highest BCUT2D eigenvalue weighted by Crippen LogP contribution is 2.30. The number of nitrogens with two attached hydrogens (primary N) is 1. The van der Waals surface area contributed by atoms with E-state index in [1.807, 2.05) is 6.07 Å². The van der Waals surface area contributed by atoms with Crippen molar-refractivity contribution < 1.29 is 43.8 Å². The number of halogens is 1. The smallest absolute Gasteiger partial charge is 0.363 e. The number of aromatic nitrogens is 3. The summed E-state index contributed by atoms with van der Waals surface area (Å²) in [6, 6.07) is 8.88. The summed E-state index contributed by atoms with van der Waals surface area (Å²) in [6.45, 7) is 5.32. The number of methoxy groups -OCH3 is 3. The molecule has 3 aromatic rings. The molecule has 19 nitrogen and oxygen atoms in total. The van der Waals surface area contributed by atoms with Gasteiger partial charge in [0, 0.05) is 59.6 Å². The number of anilines is 3. The predicted octanol–water partition coefficient (Wildman–Crippen LogP) is 2.49. The number of ether oxygens (including phenoxy) is 3. The molecule has 0 aliphatic carbocycles. The summed E-state index contributed by atoms with van der Waals surface area (Å²) in [6.07, 6.45) is 9.02. The van der Waals surface area contributed by atoms with Crippen molar-refractivity contribution in [2.75, 3.05) is 96.0 Å². The molecule has 3 fully saturated rings. The Bertz CT molecular complexity index is 1590. The van der Waals surface area contributed by atoms with Gasteiger partial charge >= 0.3 is 11.6 Å². The quantitative estimate of drug-likeness (QED) is 0.146. The number of aliphatic hydroxyl groups is 3. The molecule has 0 amide bonds. The van der Waals surface area contributed by atoms with E-state index in [-0.39, 0.29) is 42.7 Å². The van der Waals surface area contributed by atoms with E-state index in [1.165, 1.54) is 12.3 Å². The van der Waals surface area contributed by atoms with E-state index >= 15 is 0 Å². The second kappa shape index (κ2) is 22.1. The van der Waals surface area contributed by atoms with Crippen molar-refractivity contribution in [1.82, 2.24) is 20.3 Å². The highest BCUT2D eigenvalue weighted by atomic mass is 19.1. The summed E-state index contributed by atoms with van der Waals surface area (Å²) >= 11 is 0. The van der Waals surface area contributed by atoms with Crippen molar-refractivity contribution in [2.24, 2.45) is 0 Å². The van der Waals surface area contributed by atoms with Gasteiger partial charge < -0.3 is 70.6 Å². The van der Waals surface area contributed by atoms with Gasteiger partial charge in [0.25, 0.3) is 0 Å². The van der Waals surface area contributed by atoms with Crippen LogP contribution >= 0.6 is 0 Å². The topological polar surface area (TPSA) is 258 Å². The first-order chi connectivity index (χ1) is 26.8. The van der Waals surface area contributed by atoms with E-state index in [4.69, 9.17) is 25.1 Å². The van der Waals surface area contributed by atoms with Crippen LogP contribution in [-0.4, -0.2) is 137 Å². The average molecular weight is 792 g/mol. The summed E-state index contributed by atoms with van der Waals surface area (Å²) in [5.74, 6) is -0.540. The van der Waals surface area contributed by atoms with Crippen LogP contribution in [0, 0.1) is 26.0 Å². The predicted molar refractivity (Wildman–Crippen MR) is 206 cm³/mol. The zero-order chi connectivity index (χ0) is 41.2. The number of hydrogen-bond acceptors (Lipinski definition) is 17. The van der Waals surface area contributed by atoms with Crippen LogP contribution in [0.2, 0.25) is 0 Å². The van der Waals surface area contributed by atoms with Crippen LogP contribution in [0.25, 0.3) is 0 Å².